The van der Waals surface area contributed by atoms with Crippen LogP contribution in [0.5, 0.6) is 0 Å². The van der Waals surface area contributed by atoms with Crippen molar-refractivity contribution in [2.45, 2.75) is 40.2 Å². The van der Waals surface area contributed by atoms with E-state index in [0.29, 0.717) is 18.4 Å². The van der Waals surface area contributed by atoms with Crippen LogP contribution in [0.3, 0.4) is 0 Å². The maximum Gasteiger partial charge on any atom is 0.191 e. The minimum absolute atomic E-state index is 0. The van der Waals surface area contributed by atoms with Gasteiger partial charge in [0.25, 0.3) is 0 Å². The van der Waals surface area contributed by atoms with E-state index < -0.39 is 0 Å². The highest BCUT2D eigenvalue weighted by molar-refractivity contribution is 14.0. The number of aliphatic hydroxyl groups is 1. The first-order chi connectivity index (χ1) is 12.5. The fourth-order valence-corrected chi connectivity index (χ4v) is 3.22. The summed E-state index contributed by atoms with van der Waals surface area (Å²) in [5.74, 6) is 2.80. The lowest BCUT2D eigenvalue weighted by Gasteiger charge is -2.20. The Balaban J connectivity index is 0.00000364. The largest absolute Gasteiger partial charge is 0.396 e. The number of halogens is 1. The van der Waals surface area contributed by atoms with E-state index in [1.54, 1.807) is 0 Å². The molecular formula is C20H34IN5O. The van der Waals surface area contributed by atoms with E-state index >= 15 is 0 Å². The van der Waals surface area contributed by atoms with Crippen molar-refractivity contribution in [2.24, 2.45) is 23.9 Å². The first kappa shape index (κ1) is 23.7. The number of aromatic nitrogens is 2. The first-order valence-corrected chi connectivity index (χ1v) is 9.58. The lowest BCUT2D eigenvalue weighted by Crippen LogP contribution is -2.40. The monoisotopic (exact) mass is 487 g/mol. The molecule has 2 aromatic rings. The fraction of sp³-hybridized carbons (Fsp3) is 0.600. The highest BCUT2D eigenvalue weighted by Crippen LogP contribution is 2.15. The summed E-state index contributed by atoms with van der Waals surface area (Å²) in [7, 11) is 2.03. The summed E-state index contributed by atoms with van der Waals surface area (Å²) in [4.78, 5) is 9.38. The van der Waals surface area contributed by atoms with E-state index in [0.717, 1.165) is 48.7 Å². The van der Waals surface area contributed by atoms with E-state index in [2.05, 4.69) is 47.0 Å². The molecule has 3 N–H and O–H groups in total. The van der Waals surface area contributed by atoms with Crippen molar-refractivity contribution in [3.63, 3.8) is 0 Å². The van der Waals surface area contributed by atoms with E-state index in [9.17, 15) is 5.11 Å². The topological polar surface area (TPSA) is 74.5 Å². The molecule has 2 rings (SSSR count). The standard InChI is InChI=1S/C20H33N5O.HI/c1-5-21-20(22-13-16(10-11-26)12-15(2)3)23-14-19-24-17-8-6-7-9-18(17)25(19)4;/h6-9,15-16,26H,5,10-14H2,1-4H3,(H2,21,22,23);1H. The number of para-hydroxylation sites is 2. The van der Waals surface area contributed by atoms with Gasteiger partial charge in [-0.3, -0.25) is 0 Å². The zero-order chi connectivity index (χ0) is 18.9. The Bertz CT molecular complexity index is 713. The van der Waals surface area contributed by atoms with Gasteiger partial charge in [0.05, 0.1) is 11.0 Å². The van der Waals surface area contributed by atoms with Crippen molar-refractivity contribution < 1.29 is 5.11 Å². The molecular weight excluding hydrogens is 453 g/mol. The van der Waals surface area contributed by atoms with Gasteiger partial charge in [-0.25, -0.2) is 9.98 Å². The van der Waals surface area contributed by atoms with Gasteiger partial charge in [0.1, 0.15) is 12.4 Å². The zero-order valence-electron chi connectivity index (χ0n) is 16.9. The molecule has 1 atom stereocenters. The maximum atomic E-state index is 9.29. The molecule has 0 aliphatic heterocycles. The Morgan fingerprint density at radius 1 is 1.26 bits per heavy atom. The summed E-state index contributed by atoms with van der Waals surface area (Å²) in [6, 6.07) is 8.13. The van der Waals surface area contributed by atoms with Gasteiger partial charge >= 0.3 is 0 Å². The molecule has 6 nitrogen and oxygen atoms in total. The van der Waals surface area contributed by atoms with Crippen LogP contribution in [0.15, 0.2) is 29.3 Å². The average Bonchev–Trinajstić information content (AvgIpc) is 2.93. The van der Waals surface area contributed by atoms with Crippen LogP contribution >= 0.6 is 24.0 Å². The first-order valence-electron chi connectivity index (χ1n) is 9.58. The third-order valence-corrected chi connectivity index (χ3v) is 4.50. The second-order valence-electron chi connectivity index (χ2n) is 7.16. The lowest BCUT2D eigenvalue weighted by molar-refractivity contribution is 0.243. The molecule has 1 aromatic carbocycles. The molecule has 0 aliphatic rings. The van der Waals surface area contributed by atoms with Gasteiger partial charge < -0.3 is 20.3 Å². The summed E-state index contributed by atoms with van der Waals surface area (Å²) in [5.41, 5.74) is 2.12. The van der Waals surface area contributed by atoms with Crippen molar-refractivity contribution in [1.82, 2.24) is 20.2 Å². The fourth-order valence-electron chi connectivity index (χ4n) is 3.22. The summed E-state index contributed by atoms with van der Waals surface area (Å²) in [6.45, 7) is 8.87. The van der Waals surface area contributed by atoms with Crippen molar-refractivity contribution in [2.75, 3.05) is 19.7 Å². The van der Waals surface area contributed by atoms with Crippen LogP contribution < -0.4 is 10.6 Å². The van der Waals surface area contributed by atoms with Gasteiger partial charge in [0, 0.05) is 26.7 Å². The van der Waals surface area contributed by atoms with Crippen LogP contribution in [-0.4, -0.2) is 40.3 Å². The molecule has 0 aliphatic carbocycles. The Morgan fingerprint density at radius 2 is 2.00 bits per heavy atom. The van der Waals surface area contributed by atoms with Gasteiger partial charge in [-0.05, 0) is 43.7 Å². The number of aliphatic hydroxyl groups excluding tert-OH is 1. The zero-order valence-corrected chi connectivity index (χ0v) is 19.2. The summed E-state index contributed by atoms with van der Waals surface area (Å²) in [6.07, 6.45) is 1.91. The van der Waals surface area contributed by atoms with Crippen LogP contribution in [0.1, 0.15) is 39.4 Å². The van der Waals surface area contributed by atoms with Gasteiger partial charge in [0.15, 0.2) is 5.96 Å². The molecule has 152 valence electrons. The van der Waals surface area contributed by atoms with E-state index in [-0.39, 0.29) is 30.6 Å². The number of fused-ring (bicyclic) bond motifs is 1. The van der Waals surface area contributed by atoms with E-state index in [1.165, 1.54) is 0 Å². The Hall–Kier alpha value is -1.35. The van der Waals surface area contributed by atoms with Crippen LogP contribution in [0, 0.1) is 11.8 Å². The molecule has 0 saturated heterocycles. The van der Waals surface area contributed by atoms with Crippen LogP contribution in [0.25, 0.3) is 11.0 Å². The Labute approximate surface area is 179 Å². The van der Waals surface area contributed by atoms with Gasteiger partial charge in [-0.2, -0.15) is 0 Å². The van der Waals surface area contributed by atoms with Crippen molar-refractivity contribution >= 4 is 41.0 Å². The number of aryl methyl sites for hydroxylation is 1. The number of hydrogen-bond donors (Lipinski definition) is 3. The quantitative estimate of drug-likeness (QED) is 0.288. The number of hydrogen-bond acceptors (Lipinski definition) is 3. The van der Waals surface area contributed by atoms with Crippen LogP contribution in [-0.2, 0) is 13.6 Å². The maximum absolute atomic E-state index is 9.29. The average molecular weight is 487 g/mol. The summed E-state index contributed by atoms with van der Waals surface area (Å²) in [5, 5.41) is 16.0. The number of aliphatic imine (C=N–C) groups is 1. The minimum Gasteiger partial charge on any atom is -0.396 e. The number of benzene rings is 1. The predicted octanol–water partition coefficient (Wildman–Crippen LogP) is 3.29. The highest BCUT2D eigenvalue weighted by atomic mass is 127. The molecule has 1 aromatic heterocycles. The smallest absolute Gasteiger partial charge is 0.191 e. The predicted molar refractivity (Wildman–Crippen MR) is 124 cm³/mol. The normalized spacial score (nSPS) is 12.9. The second-order valence-corrected chi connectivity index (χ2v) is 7.16. The number of imidazole rings is 1. The molecule has 1 heterocycles. The van der Waals surface area contributed by atoms with Gasteiger partial charge in [-0.1, -0.05) is 26.0 Å². The number of guanidine groups is 1. The molecule has 7 heteroatoms. The van der Waals surface area contributed by atoms with Crippen molar-refractivity contribution in [3.8, 4) is 0 Å². The molecule has 0 amide bonds. The lowest BCUT2D eigenvalue weighted by atomic mass is 9.94. The molecule has 0 fully saturated rings. The molecule has 27 heavy (non-hydrogen) atoms. The summed E-state index contributed by atoms with van der Waals surface area (Å²) >= 11 is 0. The van der Waals surface area contributed by atoms with Crippen LogP contribution in [0.4, 0.5) is 0 Å². The van der Waals surface area contributed by atoms with Gasteiger partial charge in [-0.15, -0.1) is 24.0 Å². The molecule has 0 saturated carbocycles. The Morgan fingerprint density at radius 3 is 2.63 bits per heavy atom. The highest BCUT2D eigenvalue weighted by Gasteiger charge is 2.12. The summed E-state index contributed by atoms with van der Waals surface area (Å²) < 4.78 is 2.09. The number of nitrogens with one attached hydrogen (secondary N) is 2. The number of nitrogens with zero attached hydrogens (tertiary/aromatic N) is 3. The molecule has 1 unspecified atom stereocenters. The van der Waals surface area contributed by atoms with Crippen molar-refractivity contribution in [1.29, 1.82) is 0 Å². The SMILES string of the molecule is CCNC(=NCc1nc2ccccc2n1C)NCC(CCO)CC(C)C.I. The van der Waals surface area contributed by atoms with E-state index in [4.69, 9.17) is 4.99 Å². The molecule has 0 bridgehead atoms. The van der Waals surface area contributed by atoms with Crippen LogP contribution in [0.2, 0.25) is 0 Å². The van der Waals surface area contributed by atoms with Crippen molar-refractivity contribution in [3.05, 3.63) is 30.1 Å². The number of rotatable bonds is 9. The van der Waals surface area contributed by atoms with E-state index in [1.807, 2.05) is 25.2 Å². The van der Waals surface area contributed by atoms with Gasteiger partial charge in [0.2, 0.25) is 0 Å². The minimum atomic E-state index is 0. The molecule has 0 radical (unpaired) electrons. The Kier molecular flexibility index (Phi) is 10.7. The second kappa shape index (κ2) is 12.2. The molecule has 0 spiro atoms. The third kappa shape index (κ3) is 7.29. The third-order valence-electron chi connectivity index (χ3n) is 4.50.